The molecular weight excluding hydrogens is 496 g/mol. The van der Waals surface area contributed by atoms with E-state index in [4.69, 9.17) is 10.6 Å². The third-order valence-corrected chi connectivity index (χ3v) is 7.82. The van der Waals surface area contributed by atoms with E-state index < -0.39 is 22.8 Å². The van der Waals surface area contributed by atoms with Crippen molar-refractivity contribution in [3.05, 3.63) is 111 Å². The highest BCUT2D eigenvalue weighted by atomic mass is 16.7. The number of carbonyl (C=O) groups excluding carboxylic acids is 2. The average molecular weight is 529 g/mol. The van der Waals surface area contributed by atoms with Gasteiger partial charge in [0.2, 0.25) is 0 Å². The Kier molecular flexibility index (Phi) is 7.72. The van der Waals surface area contributed by atoms with Crippen LogP contribution < -0.4 is 11.2 Å². The molecule has 0 saturated heterocycles. The molecule has 0 bridgehead atoms. The van der Waals surface area contributed by atoms with Gasteiger partial charge in [-0.15, -0.1) is 0 Å². The van der Waals surface area contributed by atoms with E-state index in [2.05, 4.69) is 5.48 Å². The standard InChI is InChI=1S/C30H32N4O5/c1-19-15-16-21(17-26(19)34(37)38)28-27(29(35)32-39-18-20-9-3-2-4-10-20)22-11-5-6-12-23(22)30(36)33(28)25-14-8-7-13-24(25)31/h2-6,9-12,15-17,24-25,27-28H,7-8,13-14,18,31H2,1H3,(H,32,35)/t24-,25-,27+,28-/m0/s1. The molecule has 9 heteroatoms. The van der Waals surface area contributed by atoms with Crippen molar-refractivity contribution in [3.8, 4) is 0 Å². The molecule has 1 fully saturated rings. The van der Waals surface area contributed by atoms with Gasteiger partial charge in [-0.1, -0.05) is 73.5 Å². The summed E-state index contributed by atoms with van der Waals surface area (Å²) >= 11 is 0. The lowest BCUT2D eigenvalue weighted by atomic mass is 9.76. The number of hydroxylamine groups is 1. The zero-order valence-corrected chi connectivity index (χ0v) is 21.8. The number of rotatable bonds is 7. The maximum absolute atomic E-state index is 14.1. The fraction of sp³-hybridized carbons (Fsp3) is 0.333. The molecule has 3 aromatic carbocycles. The number of nitro groups is 1. The smallest absolute Gasteiger partial charge is 0.272 e. The summed E-state index contributed by atoms with van der Waals surface area (Å²) in [6.45, 7) is 1.83. The number of nitrogens with two attached hydrogens (primary N) is 1. The van der Waals surface area contributed by atoms with Crippen molar-refractivity contribution < 1.29 is 19.3 Å². The van der Waals surface area contributed by atoms with Gasteiger partial charge in [0.25, 0.3) is 17.5 Å². The molecule has 2 aliphatic rings. The van der Waals surface area contributed by atoms with E-state index in [-0.39, 0.29) is 30.3 Å². The van der Waals surface area contributed by atoms with E-state index in [9.17, 15) is 19.7 Å². The molecule has 0 aromatic heterocycles. The van der Waals surface area contributed by atoms with Crippen LogP contribution in [0.5, 0.6) is 0 Å². The average Bonchev–Trinajstić information content (AvgIpc) is 2.94. The molecule has 2 amide bonds. The third-order valence-electron chi connectivity index (χ3n) is 7.82. The Labute approximate surface area is 227 Å². The van der Waals surface area contributed by atoms with Gasteiger partial charge in [-0.05, 0) is 42.5 Å². The maximum atomic E-state index is 14.1. The van der Waals surface area contributed by atoms with Crippen LogP contribution in [0, 0.1) is 17.0 Å². The molecule has 1 aliphatic carbocycles. The molecule has 39 heavy (non-hydrogen) atoms. The molecule has 1 saturated carbocycles. The van der Waals surface area contributed by atoms with E-state index in [1.807, 2.05) is 30.3 Å². The monoisotopic (exact) mass is 528 g/mol. The summed E-state index contributed by atoms with van der Waals surface area (Å²) in [6.07, 6.45) is 3.32. The molecule has 1 aliphatic heterocycles. The van der Waals surface area contributed by atoms with Crippen LogP contribution in [0.1, 0.15) is 70.3 Å². The molecule has 202 valence electrons. The Hall–Kier alpha value is -4.08. The first-order chi connectivity index (χ1) is 18.9. The SMILES string of the molecule is Cc1ccc([C@H]2[C@H](C(=O)NOCc3ccccc3)c3ccccc3C(=O)N2[C@H]2CCCC[C@@H]2N)cc1[N+](=O)[O-]. The lowest BCUT2D eigenvalue weighted by Gasteiger charge is -2.48. The largest absolute Gasteiger partial charge is 0.326 e. The van der Waals surface area contributed by atoms with Crippen LogP contribution in [0.25, 0.3) is 0 Å². The van der Waals surface area contributed by atoms with Crippen molar-refractivity contribution >= 4 is 17.5 Å². The van der Waals surface area contributed by atoms with Gasteiger partial charge in [0.15, 0.2) is 0 Å². The fourth-order valence-corrected chi connectivity index (χ4v) is 5.87. The molecule has 9 nitrogen and oxygen atoms in total. The van der Waals surface area contributed by atoms with Crippen molar-refractivity contribution in [3.63, 3.8) is 0 Å². The summed E-state index contributed by atoms with van der Waals surface area (Å²) in [5.41, 5.74) is 12.0. The lowest BCUT2D eigenvalue weighted by molar-refractivity contribution is -0.385. The first-order valence-electron chi connectivity index (χ1n) is 13.2. The van der Waals surface area contributed by atoms with Crippen molar-refractivity contribution in [1.29, 1.82) is 0 Å². The molecule has 1 heterocycles. The van der Waals surface area contributed by atoms with Gasteiger partial charge in [-0.2, -0.15) is 0 Å². The second-order valence-corrected chi connectivity index (χ2v) is 10.3. The van der Waals surface area contributed by atoms with E-state index in [0.29, 0.717) is 28.7 Å². The Morgan fingerprint density at radius 2 is 1.79 bits per heavy atom. The second-order valence-electron chi connectivity index (χ2n) is 10.3. The predicted molar refractivity (Wildman–Crippen MR) is 146 cm³/mol. The zero-order valence-electron chi connectivity index (χ0n) is 21.8. The molecule has 3 N–H and O–H groups in total. The lowest BCUT2D eigenvalue weighted by Crippen LogP contribution is -2.57. The first-order valence-corrected chi connectivity index (χ1v) is 13.2. The Balaban J connectivity index is 1.60. The van der Waals surface area contributed by atoms with E-state index >= 15 is 0 Å². The number of hydrogen-bond donors (Lipinski definition) is 2. The normalized spacial score (nSPS) is 22.7. The topological polar surface area (TPSA) is 128 Å². The van der Waals surface area contributed by atoms with Crippen LogP contribution in [-0.2, 0) is 16.2 Å². The summed E-state index contributed by atoms with van der Waals surface area (Å²) in [5.74, 6) is -1.53. The van der Waals surface area contributed by atoms with Gasteiger partial charge in [0.1, 0.15) is 0 Å². The van der Waals surface area contributed by atoms with Gasteiger partial charge in [0, 0.05) is 29.3 Å². The fourth-order valence-electron chi connectivity index (χ4n) is 5.87. The summed E-state index contributed by atoms with van der Waals surface area (Å²) in [6, 6.07) is 20.0. The van der Waals surface area contributed by atoms with E-state index in [1.165, 1.54) is 6.07 Å². The number of aryl methyl sites for hydroxylation is 1. The van der Waals surface area contributed by atoms with Gasteiger partial charge < -0.3 is 10.6 Å². The van der Waals surface area contributed by atoms with E-state index in [1.54, 1.807) is 48.2 Å². The van der Waals surface area contributed by atoms with Crippen molar-refractivity contribution in [2.45, 2.75) is 63.3 Å². The van der Waals surface area contributed by atoms with Crippen molar-refractivity contribution in [2.75, 3.05) is 0 Å². The van der Waals surface area contributed by atoms with Gasteiger partial charge in [0.05, 0.1) is 23.5 Å². The van der Waals surface area contributed by atoms with Gasteiger partial charge in [-0.25, -0.2) is 5.48 Å². The summed E-state index contributed by atoms with van der Waals surface area (Å²) in [5, 5.41) is 11.9. The molecule has 5 rings (SSSR count). The minimum atomic E-state index is -0.869. The maximum Gasteiger partial charge on any atom is 0.272 e. The number of amides is 2. The van der Waals surface area contributed by atoms with Crippen LogP contribution in [0.15, 0.2) is 72.8 Å². The quantitative estimate of drug-likeness (QED) is 0.338. The minimum absolute atomic E-state index is 0.0637. The van der Waals surface area contributed by atoms with Gasteiger partial charge >= 0.3 is 0 Å². The molecule has 0 unspecified atom stereocenters. The molecular formula is C30H32N4O5. The number of fused-ring (bicyclic) bond motifs is 1. The summed E-state index contributed by atoms with van der Waals surface area (Å²) in [4.78, 5) is 46.7. The number of nitro benzene ring substituents is 1. The first kappa shape index (κ1) is 26.5. The highest BCUT2D eigenvalue weighted by Crippen LogP contribution is 2.46. The minimum Gasteiger partial charge on any atom is -0.326 e. The van der Waals surface area contributed by atoms with Crippen LogP contribution in [0.4, 0.5) is 5.69 Å². The number of hydrogen-bond acceptors (Lipinski definition) is 6. The van der Waals surface area contributed by atoms with Crippen LogP contribution in [0.3, 0.4) is 0 Å². The predicted octanol–water partition coefficient (Wildman–Crippen LogP) is 4.70. The number of nitrogens with one attached hydrogen (secondary N) is 1. The number of nitrogens with zero attached hydrogens (tertiary/aromatic N) is 2. The Morgan fingerprint density at radius 1 is 1.08 bits per heavy atom. The van der Waals surface area contributed by atoms with Gasteiger partial charge in [-0.3, -0.25) is 24.5 Å². The van der Waals surface area contributed by atoms with Crippen LogP contribution in [-0.4, -0.2) is 33.7 Å². The van der Waals surface area contributed by atoms with E-state index in [0.717, 1.165) is 24.8 Å². The molecule has 4 atom stereocenters. The van der Waals surface area contributed by atoms with Crippen LogP contribution >= 0.6 is 0 Å². The molecule has 0 spiro atoms. The Morgan fingerprint density at radius 3 is 2.54 bits per heavy atom. The summed E-state index contributed by atoms with van der Waals surface area (Å²) < 4.78 is 0. The van der Waals surface area contributed by atoms with Crippen LogP contribution in [0.2, 0.25) is 0 Å². The summed E-state index contributed by atoms with van der Waals surface area (Å²) in [7, 11) is 0. The van der Waals surface area contributed by atoms with Crippen molar-refractivity contribution in [2.24, 2.45) is 5.73 Å². The highest BCUT2D eigenvalue weighted by Gasteiger charge is 2.48. The Bertz CT molecular complexity index is 1380. The number of benzene rings is 3. The highest BCUT2D eigenvalue weighted by molar-refractivity contribution is 6.01. The third kappa shape index (κ3) is 5.28. The number of carbonyl (C=O) groups is 2. The second kappa shape index (κ2) is 11.3. The van der Waals surface area contributed by atoms with Crippen molar-refractivity contribution in [1.82, 2.24) is 10.4 Å². The zero-order chi connectivity index (χ0) is 27.5. The molecule has 0 radical (unpaired) electrons. The molecule has 3 aromatic rings.